The van der Waals surface area contributed by atoms with Gasteiger partial charge in [0.05, 0.1) is 24.3 Å². The zero-order valence-corrected chi connectivity index (χ0v) is 14.3. The number of aliphatic hydroxyl groups excluding tert-OH is 1. The van der Waals surface area contributed by atoms with E-state index in [1.165, 1.54) is 16.7 Å². The van der Waals surface area contributed by atoms with Crippen LogP contribution in [0.4, 0.5) is 5.82 Å². The van der Waals surface area contributed by atoms with E-state index in [9.17, 15) is 19.8 Å². The highest BCUT2D eigenvalue weighted by molar-refractivity contribution is 8.03. The first kappa shape index (κ1) is 16.8. The number of hydrogen-bond acceptors (Lipinski definition) is 6. The van der Waals surface area contributed by atoms with E-state index in [0.717, 1.165) is 5.82 Å². The van der Waals surface area contributed by atoms with Gasteiger partial charge in [0.1, 0.15) is 17.3 Å². The number of aromatic nitrogens is 2. The van der Waals surface area contributed by atoms with Crippen molar-refractivity contribution in [3.05, 3.63) is 22.6 Å². The minimum absolute atomic E-state index is 0.0576. The predicted molar refractivity (Wildman–Crippen MR) is 88.9 cm³/mol. The normalized spacial score (nSPS) is 24.1. The molecule has 1 amide bonds. The number of carbonyl (C=O) groups is 2. The second kappa shape index (κ2) is 6.14. The molecule has 9 heteroatoms. The van der Waals surface area contributed by atoms with Crippen LogP contribution in [0.3, 0.4) is 0 Å². The first-order valence-electron chi connectivity index (χ1n) is 7.71. The van der Waals surface area contributed by atoms with E-state index in [0.29, 0.717) is 29.4 Å². The Morgan fingerprint density at radius 3 is 2.83 bits per heavy atom. The Balaban J connectivity index is 1.71. The Morgan fingerprint density at radius 1 is 1.58 bits per heavy atom. The quantitative estimate of drug-likeness (QED) is 0.634. The average molecular weight is 352 g/mol. The zero-order chi connectivity index (χ0) is 17.6. The van der Waals surface area contributed by atoms with Crippen LogP contribution < -0.4 is 5.73 Å². The Hall–Kier alpha value is -2.00. The van der Waals surface area contributed by atoms with Crippen molar-refractivity contribution in [2.24, 2.45) is 5.92 Å². The maximum absolute atomic E-state index is 12.1. The van der Waals surface area contributed by atoms with Crippen molar-refractivity contribution in [3.8, 4) is 0 Å². The lowest BCUT2D eigenvalue weighted by atomic mass is 9.83. The summed E-state index contributed by atoms with van der Waals surface area (Å²) in [5.74, 6) is 0.0828. The van der Waals surface area contributed by atoms with Gasteiger partial charge < -0.3 is 25.4 Å². The van der Waals surface area contributed by atoms with E-state index in [1.807, 2.05) is 11.5 Å². The van der Waals surface area contributed by atoms with Crippen molar-refractivity contribution in [1.82, 2.24) is 14.5 Å². The van der Waals surface area contributed by atoms with Gasteiger partial charge in [-0.3, -0.25) is 4.79 Å². The van der Waals surface area contributed by atoms with E-state index in [-0.39, 0.29) is 17.6 Å². The van der Waals surface area contributed by atoms with Gasteiger partial charge in [-0.2, -0.15) is 0 Å². The van der Waals surface area contributed by atoms with Crippen LogP contribution in [0.15, 0.2) is 16.8 Å². The Bertz CT molecular complexity index is 708. The minimum Gasteiger partial charge on any atom is -0.477 e. The molecule has 0 bridgehead atoms. The number of thioether (sulfide) groups is 1. The summed E-state index contributed by atoms with van der Waals surface area (Å²) >= 11 is 1.42. The number of rotatable bonds is 6. The van der Waals surface area contributed by atoms with Crippen LogP contribution in [0.25, 0.3) is 0 Å². The molecule has 1 aromatic rings. The van der Waals surface area contributed by atoms with Crippen molar-refractivity contribution >= 4 is 29.5 Å². The molecule has 4 N–H and O–H groups in total. The highest BCUT2D eigenvalue weighted by atomic mass is 32.2. The number of carbonyl (C=O) groups excluding carboxylic acids is 1. The van der Waals surface area contributed by atoms with Gasteiger partial charge in [-0.1, -0.05) is 0 Å². The summed E-state index contributed by atoms with van der Waals surface area (Å²) in [6.45, 7) is 4.03. The third-order valence-corrected chi connectivity index (χ3v) is 5.66. The van der Waals surface area contributed by atoms with Crippen molar-refractivity contribution in [3.63, 3.8) is 0 Å². The van der Waals surface area contributed by atoms with Gasteiger partial charge in [0, 0.05) is 23.6 Å². The fourth-order valence-electron chi connectivity index (χ4n) is 3.40. The van der Waals surface area contributed by atoms with Crippen molar-refractivity contribution in [1.29, 1.82) is 0 Å². The molecule has 3 atom stereocenters. The van der Waals surface area contributed by atoms with Gasteiger partial charge in [-0.15, -0.1) is 11.8 Å². The first-order chi connectivity index (χ1) is 11.3. The highest BCUT2D eigenvalue weighted by Gasteiger charge is 2.56. The van der Waals surface area contributed by atoms with Crippen LogP contribution in [0.1, 0.15) is 19.2 Å². The van der Waals surface area contributed by atoms with E-state index in [1.54, 1.807) is 13.1 Å². The standard InChI is InChI=1S/C15H20N4O4S/c1-7(20)12-9-5-10(13(15(22)23)19(9)14(12)21)24-4-3-18-8(2)17-6-11(18)16/h6-7,9,12,20H,3-5,16H2,1-2H3,(H,22,23)/t7-,9+,12-/m0/s1. The van der Waals surface area contributed by atoms with Crippen molar-refractivity contribution in [2.75, 3.05) is 11.5 Å². The highest BCUT2D eigenvalue weighted by Crippen LogP contribution is 2.47. The molecule has 0 radical (unpaired) electrons. The molecule has 0 saturated carbocycles. The van der Waals surface area contributed by atoms with Crippen molar-refractivity contribution in [2.45, 2.75) is 39.0 Å². The van der Waals surface area contributed by atoms with E-state index in [4.69, 9.17) is 5.73 Å². The third kappa shape index (κ3) is 2.57. The summed E-state index contributed by atoms with van der Waals surface area (Å²) in [6, 6.07) is -0.244. The lowest BCUT2D eigenvalue weighted by Gasteiger charge is -2.44. The number of carboxylic acids is 1. The smallest absolute Gasteiger partial charge is 0.353 e. The van der Waals surface area contributed by atoms with Crippen LogP contribution >= 0.6 is 11.8 Å². The number of nitrogens with two attached hydrogens (primary N) is 1. The molecule has 3 rings (SSSR count). The van der Waals surface area contributed by atoms with Gasteiger partial charge in [-0.05, 0) is 13.8 Å². The van der Waals surface area contributed by atoms with Crippen LogP contribution in [-0.4, -0.2) is 54.4 Å². The molecule has 3 heterocycles. The summed E-state index contributed by atoms with van der Waals surface area (Å²) in [5.41, 5.74) is 5.90. The van der Waals surface area contributed by atoms with Crippen LogP contribution in [0.2, 0.25) is 0 Å². The maximum Gasteiger partial charge on any atom is 0.353 e. The Labute approximate surface area is 143 Å². The predicted octanol–water partition coefficient (Wildman–Crippen LogP) is 0.415. The number of anilines is 1. The minimum atomic E-state index is -1.10. The molecular weight excluding hydrogens is 332 g/mol. The van der Waals surface area contributed by atoms with Gasteiger partial charge in [0.2, 0.25) is 5.91 Å². The van der Waals surface area contributed by atoms with Crippen LogP contribution in [-0.2, 0) is 16.1 Å². The molecule has 0 spiro atoms. The number of nitrogens with zero attached hydrogens (tertiary/aromatic N) is 3. The number of β-lactam (4-membered cyclic amide) rings is 1. The Morgan fingerprint density at radius 2 is 2.29 bits per heavy atom. The number of aliphatic hydroxyl groups is 1. The summed E-state index contributed by atoms with van der Waals surface area (Å²) < 4.78 is 1.86. The van der Waals surface area contributed by atoms with E-state index < -0.39 is 18.0 Å². The average Bonchev–Trinajstić information content (AvgIpc) is 2.98. The van der Waals surface area contributed by atoms with Crippen LogP contribution in [0, 0.1) is 12.8 Å². The molecule has 2 aliphatic heterocycles. The summed E-state index contributed by atoms with van der Waals surface area (Å²) in [7, 11) is 0. The Kier molecular flexibility index (Phi) is 4.31. The number of hydrogen-bond donors (Lipinski definition) is 3. The lowest BCUT2D eigenvalue weighted by molar-refractivity contribution is -0.161. The number of carboxylic acid groups (broad SMARTS) is 1. The number of amides is 1. The van der Waals surface area contributed by atoms with Crippen molar-refractivity contribution < 1.29 is 19.8 Å². The molecule has 0 aliphatic carbocycles. The fourth-order valence-corrected chi connectivity index (χ4v) is 4.53. The molecule has 1 fully saturated rings. The number of fused-ring (bicyclic) bond motifs is 1. The fraction of sp³-hybridized carbons (Fsp3) is 0.533. The van der Waals surface area contributed by atoms with Gasteiger partial charge in [0.15, 0.2) is 0 Å². The van der Waals surface area contributed by atoms with Crippen LogP contribution in [0.5, 0.6) is 0 Å². The van der Waals surface area contributed by atoms with E-state index >= 15 is 0 Å². The van der Waals surface area contributed by atoms with Gasteiger partial charge >= 0.3 is 5.97 Å². The molecule has 2 aliphatic rings. The van der Waals surface area contributed by atoms with Gasteiger partial charge in [0.25, 0.3) is 0 Å². The monoisotopic (exact) mass is 352 g/mol. The first-order valence-corrected chi connectivity index (χ1v) is 8.69. The second-order valence-electron chi connectivity index (χ2n) is 6.05. The zero-order valence-electron chi connectivity index (χ0n) is 13.5. The molecule has 1 saturated heterocycles. The molecule has 130 valence electrons. The molecular formula is C15H20N4O4S. The number of aryl methyl sites for hydroxylation is 1. The molecule has 0 aromatic carbocycles. The van der Waals surface area contributed by atoms with E-state index in [2.05, 4.69) is 4.98 Å². The molecule has 24 heavy (non-hydrogen) atoms. The summed E-state index contributed by atoms with van der Waals surface area (Å²) in [6.07, 6.45) is 1.30. The SMILES string of the molecule is Cc1ncc(N)n1CCSC1=C(C(=O)O)N2C(=O)[C@@H]([C@H](C)O)[C@H]2C1. The van der Waals surface area contributed by atoms with Gasteiger partial charge in [-0.25, -0.2) is 9.78 Å². The maximum atomic E-state index is 12.1. The second-order valence-corrected chi connectivity index (χ2v) is 7.24. The molecule has 8 nitrogen and oxygen atoms in total. The number of imidazole rings is 1. The summed E-state index contributed by atoms with van der Waals surface area (Å²) in [4.78, 5) is 29.8. The largest absolute Gasteiger partial charge is 0.477 e. The molecule has 1 aromatic heterocycles. The third-order valence-electron chi connectivity index (χ3n) is 4.57. The molecule has 0 unspecified atom stereocenters. The summed E-state index contributed by atoms with van der Waals surface area (Å²) in [5, 5.41) is 19.2. The number of nitrogen functional groups attached to an aromatic ring is 1. The topological polar surface area (TPSA) is 122 Å². The lowest BCUT2D eigenvalue weighted by Crippen LogP contribution is -2.61. The number of aliphatic carboxylic acids is 1.